The molecular formula is C9H12N3. The van der Waals surface area contributed by atoms with E-state index >= 15 is 0 Å². The third-order valence-electron chi connectivity index (χ3n) is 2.06. The van der Waals surface area contributed by atoms with Crippen LogP contribution < -0.4 is 4.90 Å². The Bertz CT molecular complexity index is 249. The van der Waals surface area contributed by atoms with Crippen molar-refractivity contribution in [2.24, 2.45) is 0 Å². The molecule has 0 aromatic carbocycles. The van der Waals surface area contributed by atoms with Crippen LogP contribution in [0.25, 0.3) is 0 Å². The van der Waals surface area contributed by atoms with Crippen LogP contribution in [0.1, 0.15) is 12.1 Å². The molecule has 0 atom stereocenters. The fraction of sp³-hybridized carbons (Fsp3) is 0.444. The van der Waals surface area contributed by atoms with E-state index in [0.29, 0.717) is 0 Å². The van der Waals surface area contributed by atoms with Crippen molar-refractivity contribution in [2.45, 2.75) is 13.3 Å². The van der Waals surface area contributed by atoms with Gasteiger partial charge in [0.1, 0.15) is 0 Å². The lowest BCUT2D eigenvalue weighted by Gasteiger charge is -2.14. The van der Waals surface area contributed by atoms with Gasteiger partial charge >= 0.3 is 0 Å². The van der Waals surface area contributed by atoms with Gasteiger partial charge in [-0.2, -0.15) is 5.10 Å². The molecule has 3 heteroatoms. The van der Waals surface area contributed by atoms with E-state index in [1.54, 1.807) is 0 Å². The minimum atomic E-state index is 0.974. The number of hydrogen-bond donors (Lipinski definition) is 0. The number of nitrogens with zero attached hydrogens (tertiary/aromatic N) is 3. The van der Waals surface area contributed by atoms with E-state index in [1.807, 2.05) is 19.1 Å². The van der Waals surface area contributed by atoms with Crippen molar-refractivity contribution in [1.29, 1.82) is 0 Å². The van der Waals surface area contributed by atoms with Crippen LogP contribution in [-0.4, -0.2) is 23.3 Å². The van der Waals surface area contributed by atoms with Crippen LogP contribution in [0.3, 0.4) is 0 Å². The third-order valence-corrected chi connectivity index (χ3v) is 2.06. The smallest absolute Gasteiger partial charge is 0.151 e. The molecule has 2 heterocycles. The molecule has 2 rings (SSSR count). The normalized spacial score (nSPS) is 16.9. The summed E-state index contributed by atoms with van der Waals surface area (Å²) in [4.78, 5) is 2.23. The third kappa shape index (κ3) is 1.40. The highest BCUT2D eigenvalue weighted by atomic mass is 15.3. The van der Waals surface area contributed by atoms with Crippen molar-refractivity contribution >= 4 is 5.82 Å². The first kappa shape index (κ1) is 7.53. The monoisotopic (exact) mass is 162 g/mol. The average molecular weight is 162 g/mol. The van der Waals surface area contributed by atoms with Crippen molar-refractivity contribution in [2.75, 3.05) is 18.0 Å². The fourth-order valence-electron chi connectivity index (χ4n) is 1.35. The molecule has 63 valence electrons. The Morgan fingerprint density at radius 1 is 1.33 bits per heavy atom. The van der Waals surface area contributed by atoms with Crippen LogP contribution in [0.5, 0.6) is 0 Å². The highest BCUT2D eigenvalue weighted by Gasteiger charge is 2.13. The molecule has 0 saturated carbocycles. The summed E-state index contributed by atoms with van der Waals surface area (Å²) >= 11 is 0. The van der Waals surface area contributed by atoms with Gasteiger partial charge in [0.25, 0.3) is 0 Å². The van der Waals surface area contributed by atoms with Gasteiger partial charge in [-0.3, -0.25) is 0 Å². The molecule has 0 amide bonds. The molecule has 3 nitrogen and oxygen atoms in total. The Kier molecular flexibility index (Phi) is 1.94. The molecule has 0 aliphatic carbocycles. The lowest BCUT2D eigenvalue weighted by atomic mass is 10.4. The molecule has 1 aromatic heterocycles. The molecule has 1 radical (unpaired) electrons. The summed E-state index contributed by atoms with van der Waals surface area (Å²) in [5.74, 6) is 0.995. The zero-order valence-corrected chi connectivity index (χ0v) is 7.20. The van der Waals surface area contributed by atoms with Crippen LogP contribution >= 0.6 is 0 Å². The Morgan fingerprint density at radius 3 is 2.83 bits per heavy atom. The van der Waals surface area contributed by atoms with Crippen LogP contribution in [0, 0.1) is 13.3 Å². The van der Waals surface area contributed by atoms with Crippen molar-refractivity contribution in [3.05, 3.63) is 24.2 Å². The molecular weight excluding hydrogens is 150 g/mol. The minimum Gasteiger partial charge on any atom is -0.355 e. The van der Waals surface area contributed by atoms with Gasteiger partial charge in [0.15, 0.2) is 5.82 Å². The maximum atomic E-state index is 4.12. The fourth-order valence-corrected chi connectivity index (χ4v) is 1.35. The van der Waals surface area contributed by atoms with Gasteiger partial charge in [-0.25, -0.2) is 0 Å². The minimum absolute atomic E-state index is 0.974. The molecule has 0 spiro atoms. The summed E-state index contributed by atoms with van der Waals surface area (Å²) < 4.78 is 0. The lowest BCUT2D eigenvalue weighted by Crippen LogP contribution is -2.19. The van der Waals surface area contributed by atoms with Crippen LogP contribution in [-0.2, 0) is 0 Å². The van der Waals surface area contributed by atoms with Gasteiger partial charge in [0.2, 0.25) is 0 Å². The van der Waals surface area contributed by atoms with E-state index in [4.69, 9.17) is 0 Å². The van der Waals surface area contributed by atoms with E-state index in [1.165, 1.54) is 0 Å². The second-order valence-electron chi connectivity index (χ2n) is 3.06. The largest absolute Gasteiger partial charge is 0.355 e. The molecule has 1 saturated heterocycles. The summed E-state index contributed by atoms with van der Waals surface area (Å²) in [6.07, 6.45) is 3.43. The molecule has 1 aliphatic rings. The van der Waals surface area contributed by atoms with E-state index in [0.717, 1.165) is 31.0 Å². The summed E-state index contributed by atoms with van der Waals surface area (Å²) in [5, 5.41) is 8.13. The standard InChI is InChI=1S/C9H12N3/c1-8-4-5-9(11-10-8)12-6-2-3-7-12/h2,4-5H,3,6-7H2,1H3. The first-order valence-electron chi connectivity index (χ1n) is 4.23. The van der Waals surface area contributed by atoms with E-state index in [-0.39, 0.29) is 0 Å². The summed E-state index contributed by atoms with van der Waals surface area (Å²) in [5.41, 5.74) is 0.974. The predicted octanol–water partition coefficient (Wildman–Crippen LogP) is 1.20. The van der Waals surface area contributed by atoms with Gasteiger partial charge in [-0.05, 0) is 31.9 Å². The van der Waals surface area contributed by atoms with Gasteiger partial charge in [0.05, 0.1) is 5.69 Å². The molecule has 1 aromatic rings. The van der Waals surface area contributed by atoms with Gasteiger partial charge < -0.3 is 4.90 Å². The predicted molar refractivity (Wildman–Crippen MR) is 47.9 cm³/mol. The van der Waals surface area contributed by atoms with Crippen LogP contribution in [0.15, 0.2) is 12.1 Å². The average Bonchev–Trinajstić information content (AvgIpc) is 2.58. The zero-order chi connectivity index (χ0) is 8.39. The molecule has 0 N–H and O–H groups in total. The maximum Gasteiger partial charge on any atom is 0.151 e. The summed E-state index contributed by atoms with van der Waals surface area (Å²) in [6, 6.07) is 4.03. The summed E-state index contributed by atoms with van der Waals surface area (Å²) in [7, 11) is 0. The molecule has 0 unspecified atom stereocenters. The van der Waals surface area contributed by atoms with Gasteiger partial charge in [-0.1, -0.05) is 0 Å². The van der Waals surface area contributed by atoms with Crippen molar-refractivity contribution in [3.8, 4) is 0 Å². The van der Waals surface area contributed by atoms with Gasteiger partial charge in [-0.15, -0.1) is 5.10 Å². The van der Waals surface area contributed by atoms with E-state index in [9.17, 15) is 0 Å². The topological polar surface area (TPSA) is 29.0 Å². The highest BCUT2D eigenvalue weighted by Crippen LogP contribution is 2.15. The Morgan fingerprint density at radius 2 is 2.25 bits per heavy atom. The Balaban J connectivity index is 2.17. The van der Waals surface area contributed by atoms with Crippen LogP contribution in [0.4, 0.5) is 5.82 Å². The van der Waals surface area contributed by atoms with E-state index < -0.39 is 0 Å². The van der Waals surface area contributed by atoms with Crippen molar-refractivity contribution in [3.63, 3.8) is 0 Å². The number of aryl methyl sites for hydroxylation is 1. The first-order chi connectivity index (χ1) is 5.86. The maximum absolute atomic E-state index is 4.12. The van der Waals surface area contributed by atoms with Crippen molar-refractivity contribution < 1.29 is 0 Å². The SMILES string of the molecule is Cc1ccc(N2C[CH]CC2)nn1. The van der Waals surface area contributed by atoms with Crippen molar-refractivity contribution in [1.82, 2.24) is 10.2 Å². The Hall–Kier alpha value is -1.12. The second-order valence-corrected chi connectivity index (χ2v) is 3.06. The lowest BCUT2D eigenvalue weighted by molar-refractivity contribution is 0.882. The first-order valence-corrected chi connectivity index (χ1v) is 4.23. The number of aromatic nitrogens is 2. The molecule has 12 heavy (non-hydrogen) atoms. The molecule has 0 bridgehead atoms. The number of hydrogen-bond acceptors (Lipinski definition) is 3. The highest BCUT2D eigenvalue weighted by molar-refractivity contribution is 5.39. The number of anilines is 1. The summed E-state index contributed by atoms with van der Waals surface area (Å²) in [6.45, 7) is 4.04. The number of rotatable bonds is 1. The van der Waals surface area contributed by atoms with Crippen LogP contribution in [0.2, 0.25) is 0 Å². The molecule has 1 aliphatic heterocycles. The van der Waals surface area contributed by atoms with Gasteiger partial charge in [0, 0.05) is 13.1 Å². The zero-order valence-electron chi connectivity index (χ0n) is 7.20. The Labute approximate surface area is 72.4 Å². The van der Waals surface area contributed by atoms with E-state index in [2.05, 4.69) is 21.5 Å². The quantitative estimate of drug-likeness (QED) is 0.621. The molecule has 1 fully saturated rings. The second kappa shape index (κ2) is 3.09.